The van der Waals surface area contributed by atoms with Gasteiger partial charge in [-0.25, -0.2) is 17.8 Å². The summed E-state index contributed by atoms with van der Waals surface area (Å²) in [6.45, 7) is 4.58. The molecule has 1 aromatic heterocycles. The summed E-state index contributed by atoms with van der Waals surface area (Å²) in [5.74, 6) is 0.0672. The molecule has 0 amide bonds. The highest BCUT2D eigenvalue weighted by atomic mass is 32.2. The van der Waals surface area contributed by atoms with E-state index in [9.17, 15) is 12.8 Å². The molecule has 30 heavy (non-hydrogen) atoms. The lowest BCUT2D eigenvalue weighted by atomic mass is 10.2. The van der Waals surface area contributed by atoms with Crippen LogP contribution in [0.3, 0.4) is 0 Å². The summed E-state index contributed by atoms with van der Waals surface area (Å²) in [6.07, 6.45) is 1.28. The van der Waals surface area contributed by atoms with Gasteiger partial charge in [-0.1, -0.05) is 17.7 Å². The van der Waals surface area contributed by atoms with E-state index in [0.29, 0.717) is 32.1 Å². The van der Waals surface area contributed by atoms with E-state index >= 15 is 0 Å². The van der Waals surface area contributed by atoms with Gasteiger partial charge in [-0.3, -0.25) is 0 Å². The number of aromatic nitrogens is 2. The SMILES string of the molecule is Cc1ccc(S(=O)(=O)c2cnc(N3CCN(c4ccc(F)cc4)CC3)nc2N)cc1. The molecule has 0 aliphatic carbocycles. The number of hydrogen-bond donors (Lipinski definition) is 1. The zero-order valence-electron chi connectivity index (χ0n) is 16.5. The van der Waals surface area contributed by atoms with E-state index in [1.54, 1.807) is 36.4 Å². The number of sulfone groups is 1. The second-order valence-electron chi connectivity index (χ2n) is 7.19. The van der Waals surface area contributed by atoms with Crippen LogP contribution >= 0.6 is 0 Å². The van der Waals surface area contributed by atoms with Crippen LogP contribution in [0.4, 0.5) is 21.8 Å². The van der Waals surface area contributed by atoms with Crippen molar-refractivity contribution in [3.05, 3.63) is 66.1 Å². The van der Waals surface area contributed by atoms with E-state index in [0.717, 1.165) is 11.3 Å². The summed E-state index contributed by atoms with van der Waals surface area (Å²) >= 11 is 0. The number of nitrogens with zero attached hydrogens (tertiary/aromatic N) is 4. The zero-order valence-corrected chi connectivity index (χ0v) is 17.3. The minimum atomic E-state index is -3.79. The van der Waals surface area contributed by atoms with Crippen molar-refractivity contribution in [1.29, 1.82) is 0 Å². The molecule has 0 bridgehead atoms. The highest BCUT2D eigenvalue weighted by Crippen LogP contribution is 2.26. The first kappa shape index (κ1) is 20.1. The van der Waals surface area contributed by atoms with Crippen molar-refractivity contribution in [3.63, 3.8) is 0 Å². The number of aryl methyl sites for hydroxylation is 1. The number of nitrogen functional groups attached to an aromatic ring is 1. The predicted molar refractivity (Wildman–Crippen MR) is 114 cm³/mol. The molecular formula is C21H22FN5O2S. The fourth-order valence-corrected chi connectivity index (χ4v) is 4.66. The fourth-order valence-electron chi connectivity index (χ4n) is 3.39. The minimum absolute atomic E-state index is 0.0680. The van der Waals surface area contributed by atoms with Gasteiger partial charge >= 0.3 is 0 Å². The second kappa shape index (κ2) is 7.91. The van der Waals surface area contributed by atoms with E-state index in [1.807, 2.05) is 11.8 Å². The van der Waals surface area contributed by atoms with Crippen LogP contribution in [-0.2, 0) is 9.84 Å². The van der Waals surface area contributed by atoms with Crippen LogP contribution in [-0.4, -0.2) is 44.6 Å². The summed E-state index contributed by atoms with van der Waals surface area (Å²) in [5, 5.41) is 0. The van der Waals surface area contributed by atoms with Crippen molar-refractivity contribution in [1.82, 2.24) is 9.97 Å². The first-order valence-electron chi connectivity index (χ1n) is 9.54. The molecule has 2 heterocycles. The molecule has 0 radical (unpaired) electrons. The molecule has 1 fully saturated rings. The fraction of sp³-hybridized carbons (Fsp3) is 0.238. The average molecular weight is 428 g/mol. The maximum absolute atomic E-state index is 13.1. The summed E-state index contributed by atoms with van der Waals surface area (Å²) in [7, 11) is -3.79. The van der Waals surface area contributed by atoms with Crippen molar-refractivity contribution < 1.29 is 12.8 Å². The van der Waals surface area contributed by atoms with Crippen molar-refractivity contribution in [2.75, 3.05) is 41.7 Å². The van der Waals surface area contributed by atoms with E-state index in [2.05, 4.69) is 14.9 Å². The lowest BCUT2D eigenvalue weighted by molar-refractivity contribution is 0.595. The van der Waals surface area contributed by atoms with Crippen LogP contribution in [0, 0.1) is 12.7 Å². The van der Waals surface area contributed by atoms with Gasteiger partial charge in [-0.15, -0.1) is 0 Å². The maximum Gasteiger partial charge on any atom is 0.227 e. The number of halogens is 1. The molecule has 2 N–H and O–H groups in total. The van der Waals surface area contributed by atoms with Crippen molar-refractivity contribution in [3.8, 4) is 0 Å². The average Bonchev–Trinajstić information content (AvgIpc) is 2.74. The zero-order chi connectivity index (χ0) is 21.3. The van der Waals surface area contributed by atoms with Gasteiger partial charge in [0.1, 0.15) is 16.5 Å². The molecule has 0 unspecified atom stereocenters. The highest BCUT2D eigenvalue weighted by Gasteiger charge is 2.25. The molecule has 1 saturated heterocycles. The molecule has 2 aromatic carbocycles. The van der Waals surface area contributed by atoms with Gasteiger partial charge < -0.3 is 15.5 Å². The molecule has 156 valence electrons. The Morgan fingerprint density at radius 2 is 1.53 bits per heavy atom. The van der Waals surface area contributed by atoms with Crippen LogP contribution in [0.1, 0.15) is 5.56 Å². The molecule has 0 spiro atoms. The van der Waals surface area contributed by atoms with Crippen LogP contribution in [0.25, 0.3) is 0 Å². The number of hydrogen-bond acceptors (Lipinski definition) is 7. The number of nitrogens with two attached hydrogens (primary N) is 1. The molecule has 9 heteroatoms. The third-order valence-corrected chi connectivity index (χ3v) is 6.93. The maximum atomic E-state index is 13.1. The van der Waals surface area contributed by atoms with Crippen LogP contribution in [0.2, 0.25) is 0 Å². The summed E-state index contributed by atoms with van der Waals surface area (Å²) < 4.78 is 38.9. The first-order valence-corrected chi connectivity index (χ1v) is 11.0. The second-order valence-corrected chi connectivity index (χ2v) is 9.10. The van der Waals surface area contributed by atoms with Crippen molar-refractivity contribution >= 4 is 27.3 Å². The molecule has 1 aliphatic heterocycles. The van der Waals surface area contributed by atoms with E-state index < -0.39 is 9.84 Å². The standard InChI is InChI=1S/C21H22FN5O2S/c1-15-2-8-18(9-3-15)30(28,29)19-14-24-21(25-20(19)23)27-12-10-26(11-13-27)17-6-4-16(22)5-7-17/h2-9,14H,10-13H2,1H3,(H2,23,24,25). The lowest BCUT2D eigenvalue weighted by Crippen LogP contribution is -2.47. The molecule has 1 aliphatic rings. The predicted octanol–water partition coefficient (Wildman–Crippen LogP) is 2.67. The number of anilines is 3. The number of benzene rings is 2. The van der Waals surface area contributed by atoms with Gasteiger partial charge in [-0.2, -0.15) is 4.98 Å². The Kier molecular flexibility index (Phi) is 5.29. The number of piperazine rings is 1. The van der Waals surface area contributed by atoms with Gasteiger partial charge in [-0.05, 0) is 43.3 Å². The minimum Gasteiger partial charge on any atom is -0.382 e. The highest BCUT2D eigenvalue weighted by molar-refractivity contribution is 7.91. The Morgan fingerprint density at radius 3 is 2.13 bits per heavy atom. The van der Waals surface area contributed by atoms with Gasteiger partial charge in [0.05, 0.1) is 11.1 Å². The van der Waals surface area contributed by atoms with Crippen LogP contribution in [0.15, 0.2) is 64.5 Å². The third-order valence-electron chi connectivity index (χ3n) is 5.15. The Balaban J connectivity index is 1.50. The molecule has 0 saturated carbocycles. The summed E-state index contributed by atoms with van der Waals surface area (Å²) in [5.41, 5.74) is 7.93. The van der Waals surface area contributed by atoms with Gasteiger partial charge in [0.2, 0.25) is 15.8 Å². The molecule has 4 rings (SSSR count). The monoisotopic (exact) mass is 427 g/mol. The van der Waals surface area contributed by atoms with Gasteiger partial charge in [0, 0.05) is 31.9 Å². The third kappa shape index (κ3) is 3.93. The van der Waals surface area contributed by atoms with Crippen molar-refractivity contribution in [2.24, 2.45) is 0 Å². The summed E-state index contributed by atoms with van der Waals surface area (Å²) in [4.78, 5) is 12.7. The normalized spacial score (nSPS) is 14.7. The topological polar surface area (TPSA) is 92.4 Å². The quantitative estimate of drug-likeness (QED) is 0.684. The van der Waals surface area contributed by atoms with E-state index in [1.165, 1.54) is 18.3 Å². The van der Waals surface area contributed by atoms with Crippen LogP contribution < -0.4 is 15.5 Å². The molecule has 7 nitrogen and oxygen atoms in total. The van der Waals surface area contributed by atoms with Crippen molar-refractivity contribution in [2.45, 2.75) is 16.7 Å². The lowest BCUT2D eigenvalue weighted by Gasteiger charge is -2.36. The van der Waals surface area contributed by atoms with Gasteiger partial charge in [0.25, 0.3) is 0 Å². The largest absolute Gasteiger partial charge is 0.382 e. The van der Waals surface area contributed by atoms with E-state index in [-0.39, 0.29) is 21.4 Å². The number of rotatable bonds is 4. The Morgan fingerprint density at radius 1 is 0.933 bits per heavy atom. The summed E-state index contributed by atoms with van der Waals surface area (Å²) in [6, 6.07) is 13.0. The first-order chi connectivity index (χ1) is 14.3. The van der Waals surface area contributed by atoms with E-state index in [4.69, 9.17) is 5.73 Å². The smallest absolute Gasteiger partial charge is 0.227 e. The Hall–Kier alpha value is -3.20. The Bertz CT molecular complexity index is 1140. The molecule has 0 atom stereocenters. The van der Waals surface area contributed by atoms with Crippen LogP contribution in [0.5, 0.6) is 0 Å². The molecule has 3 aromatic rings. The molecular weight excluding hydrogens is 405 g/mol. The van der Waals surface area contributed by atoms with Gasteiger partial charge in [0.15, 0.2) is 0 Å². The Labute approximate surface area is 174 Å².